The van der Waals surface area contributed by atoms with Crippen LogP contribution in [0.25, 0.3) is 0 Å². The number of aromatic nitrogens is 1. The molecule has 0 radical (unpaired) electrons. The number of carbonyl (C=O) groups is 1. The van der Waals surface area contributed by atoms with Crippen molar-refractivity contribution in [3.8, 4) is 5.75 Å². The van der Waals surface area contributed by atoms with Gasteiger partial charge in [0.15, 0.2) is 0 Å². The lowest BCUT2D eigenvalue weighted by molar-refractivity contribution is -0.118. The number of hydrogen-bond acceptors (Lipinski definition) is 4. The first kappa shape index (κ1) is 24.9. The number of pyridine rings is 1. The number of nitrogens with one attached hydrogen (secondary N) is 1. The highest BCUT2D eigenvalue weighted by molar-refractivity contribution is 5.96. The maximum atomic E-state index is 13.4. The van der Waals surface area contributed by atoms with Crippen LogP contribution in [0.5, 0.6) is 5.75 Å². The lowest BCUT2D eigenvalue weighted by Crippen LogP contribution is -2.25. The Balaban J connectivity index is 2.45. The lowest BCUT2D eigenvalue weighted by Gasteiger charge is -2.28. The Labute approximate surface area is 187 Å². The number of anilines is 1. The maximum Gasteiger partial charge on any atom is 0.233 e. The number of phenolic OH excluding ortho intramolecular Hbond substituents is 1. The summed E-state index contributed by atoms with van der Waals surface area (Å²) in [6, 6.07) is 9.44. The van der Waals surface area contributed by atoms with Gasteiger partial charge in [0, 0.05) is 23.0 Å². The summed E-state index contributed by atoms with van der Waals surface area (Å²) in [5, 5.41) is 14.1. The van der Waals surface area contributed by atoms with E-state index in [4.69, 9.17) is 5.73 Å². The van der Waals surface area contributed by atoms with Crippen molar-refractivity contribution in [3.05, 3.63) is 53.3 Å². The van der Waals surface area contributed by atoms with Gasteiger partial charge in [-0.25, -0.2) is 0 Å². The van der Waals surface area contributed by atoms with E-state index in [-0.39, 0.29) is 22.7 Å². The van der Waals surface area contributed by atoms with Gasteiger partial charge in [-0.3, -0.25) is 9.78 Å². The predicted molar refractivity (Wildman–Crippen MR) is 129 cm³/mol. The summed E-state index contributed by atoms with van der Waals surface area (Å²) in [5.74, 6) is 0.148. The average Bonchev–Trinajstić information content (AvgIpc) is 2.66. The Morgan fingerprint density at radius 2 is 1.68 bits per heavy atom. The van der Waals surface area contributed by atoms with Crippen LogP contribution in [-0.2, 0) is 15.6 Å². The molecule has 1 aromatic heterocycles. The first-order valence-corrected chi connectivity index (χ1v) is 11.1. The van der Waals surface area contributed by atoms with Crippen LogP contribution in [0.1, 0.15) is 84.0 Å². The first-order valence-electron chi connectivity index (χ1n) is 11.1. The van der Waals surface area contributed by atoms with Gasteiger partial charge in [0.2, 0.25) is 5.91 Å². The van der Waals surface area contributed by atoms with Crippen LogP contribution >= 0.6 is 0 Å². The molecule has 0 aliphatic heterocycles. The summed E-state index contributed by atoms with van der Waals surface area (Å²) in [6.45, 7) is 15.1. The van der Waals surface area contributed by atoms with Crippen LogP contribution < -0.4 is 11.1 Å². The van der Waals surface area contributed by atoms with Crippen LogP contribution in [0.3, 0.4) is 0 Å². The average molecular weight is 426 g/mol. The summed E-state index contributed by atoms with van der Waals surface area (Å²) in [4.78, 5) is 17.9. The molecule has 0 spiro atoms. The van der Waals surface area contributed by atoms with Crippen molar-refractivity contribution in [3.63, 3.8) is 0 Å². The summed E-state index contributed by atoms with van der Waals surface area (Å²) in [6.07, 6.45) is 3.26. The molecule has 170 valence electrons. The van der Waals surface area contributed by atoms with Gasteiger partial charge in [-0.15, -0.1) is 0 Å². The molecule has 1 heterocycles. The molecule has 2 aromatic rings. The zero-order valence-electron chi connectivity index (χ0n) is 20.1. The topological polar surface area (TPSA) is 88.2 Å². The number of amides is 1. The second kappa shape index (κ2) is 9.82. The molecule has 5 nitrogen and oxygen atoms in total. The van der Waals surface area contributed by atoms with Gasteiger partial charge < -0.3 is 16.2 Å². The minimum Gasteiger partial charge on any atom is -0.507 e. The Hall–Kier alpha value is -2.40. The molecule has 5 heteroatoms. The van der Waals surface area contributed by atoms with Gasteiger partial charge in [-0.05, 0) is 60.4 Å². The van der Waals surface area contributed by atoms with Crippen molar-refractivity contribution in [2.24, 2.45) is 11.7 Å². The van der Waals surface area contributed by atoms with E-state index in [9.17, 15) is 9.90 Å². The summed E-state index contributed by atoms with van der Waals surface area (Å²) in [7, 11) is 0. The van der Waals surface area contributed by atoms with Crippen LogP contribution in [0.2, 0.25) is 0 Å². The number of nitrogens with two attached hydrogens (primary N) is 1. The van der Waals surface area contributed by atoms with Gasteiger partial charge in [0.1, 0.15) is 5.75 Å². The lowest BCUT2D eigenvalue weighted by atomic mass is 9.79. The Morgan fingerprint density at radius 3 is 2.13 bits per heavy atom. The van der Waals surface area contributed by atoms with Crippen LogP contribution in [-0.4, -0.2) is 22.5 Å². The monoisotopic (exact) mass is 425 g/mol. The molecule has 1 amide bonds. The predicted octanol–water partition coefficient (Wildman–Crippen LogP) is 5.48. The van der Waals surface area contributed by atoms with Gasteiger partial charge in [-0.2, -0.15) is 0 Å². The molecule has 0 saturated carbocycles. The van der Waals surface area contributed by atoms with Gasteiger partial charge in [-0.1, -0.05) is 54.5 Å². The molecule has 2 rings (SSSR count). The van der Waals surface area contributed by atoms with Crippen molar-refractivity contribution in [1.29, 1.82) is 0 Å². The fourth-order valence-corrected chi connectivity index (χ4v) is 3.83. The second-order valence-electron chi connectivity index (χ2n) is 10.6. The number of carbonyl (C=O) groups excluding carboxylic acids is 1. The summed E-state index contributed by atoms with van der Waals surface area (Å²) < 4.78 is 0. The van der Waals surface area contributed by atoms with Gasteiger partial charge in [0.25, 0.3) is 0 Å². The Kier molecular flexibility index (Phi) is 7.87. The van der Waals surface area contributed by atoms with E-state index in [1.54, 1.807) is 6.20 Å². The van der Waals surface area contributed by atoms with E-state index in [0.29, 0.717) is 30.3 Å². The minimum absolute atomic E-state index is 0.0898. The molecule has 0 saturated heterocycles. The molecule has 1 aromatic carbocycles. The van der Waals surface area contributed by atoms with Gasteiger partial charge >= 0.3 is 0 Å². The van der Waals surface area contributed by atoms with E-state index < -0.39 is 0 Å². The molecule has 4 N–H and O–H groups in total. The SMILES string of the molecule is CC(CCN)CC(C(=O)Nc1cc(C(C)(C)C)c(O)c(C(C)(C)C)c1)c1ccccn1. The molecule has 31 heavy (non-hydrogen) atoms. The zero-order valence-corrected chi connectivity index (χ0v) is 20.1. The number of phenols is 1. The van der Waals surface area contributed by atoms with Crippen molar-refractivity contribution < 1.29 is 9.90 Å². The fourth-order valence-electron chi connectivity index (χ4n) is 3.83. The molecule has 2 atom stereocenters. The number of benzene rings is 1. The largest absolute Gasteiger partial charge is 0.507 e. The second-order valence-corrected chi connectivity index (χ2v) is 10.6. The zero-order chi connectivity index (χ0) is 23.4. The maximum absolute atomic E-state index is 13.4. The van der Waals surface area contributed by atoms with E-state index in [1.807, 2.05) is 30.3 Å². The van der Waals surface area contributed by atoms with Crippen LogP contribution in [0.15, 0.2) is 36.5 Å². The molecule has 0 fully saturated rings. The van der Waals surface area contributed by atoms with Crippen molar-refractivity contribution >= 4 is 11.6 Å². The highest BCUT2D eigenvalue weighted by Crippen LogP contribution is 2.41. The van der Waals surface area contributed by atoms with Gasteiger partial charge in [0.05, 0.1) is 11.6 Å². The van der Waals surface area contributed by atoms with E-state index in [2.05, 4.69) is 58.8 Å². The molecular weight excluding hydrogens is 386 g/mol. The number of rotatable bonds is 7. The van der Waals surface area contributed by atoms with Crippen LogP contribution in [0.4, 0.5) is 5.69 Å². The van der Waals surface area contributed by atoms with Crippen molar-refractivity contribution in [2.45, 2.75) is 78.1 Å². The third kappa shape index (κ3) is 6.54. The molecule has 0 aliphatic rings. The van der Waals surface area contributed by atoms with Crippen LogP contribution in [0, 0.1) is 5.92 Å². The highest BCUT2D eigenvalue weighted by atomic mass is 16.3. The molecular formula is C26H39N3O2. The normalized spacial score (nSPS) is 14.2. The molecule has 2 unspecified atom stereocenters. The van der Waals surface area contributed by atoms with E-state index in [1.165, 1.54) is 0 Å². The third-order valence-electron chi connectivity index (χ3n) is 5.65. The molecule has 0 aliphatic carbocycles. The van der Waals surface area contributed by atoms with E-state index >= 15 is 0 Å². The third-order valence-corrected chi connectivity index (χ3v) is 5.65. The van der Waals surface area contributed by atoms with Crippen molar-refractivity contribution in [2.75, 3.05) is 11.9 Å². The number of hydrogen-bond donors (Lipinski definition) is 3. The first-order chi connectivity index (χ1) is 14.3. The summed E-state index contributed by atoms with van der Waals surface area (Å²) in [5.41, 5.74) is 8.31. The number of aromatic hydroxyl groups is 1. The van der Waals surface area contributed by atoms with E-state index in [0.717, 1.165) is 23.2 Å². The summed E-state index contributed by atoms with van der Waals surface area (Å²) >= 11 is 0. The highest BCUT2D eigenvalue weighted by Gasteiger charge is 2.29. The van der Waals surface area contributed by atoms with Crippen molar-refractivity contribution in [1.82, 2.24) is 4.98 Å². The number of nitrogens with zero attached hydrogens (tertiary/aromatic N) is 1. The fraction of sp³-hybridized carbons (Fsp3) is 0.538. The standard InChI is InChI=1S/C26H39N3O2/c1-17(11-12-27)14-19(22-10-8-9-13-28-22)24(31)29-18-15-20(25(2,3)4)23(30)21(16-18)26(5,6)7/h8-10,13,15-17,19,30H,11-12,14,27H2,1-7H3,(H,29,31). The quantitative estimate of drug-likeness (QED) is 0.513. The minimum atomic E-state index is -0.368. The Morgan fingerprint density at radius 1 is 1.10 bits per heavy atom. The Bertz CT molecular complexity index is 845. The molecule has 0 bridgehead atoms. The smallest absolute Gasteiger partial charge is 0.233 e.